The van der Waals surface area contributed by atoms with Crippen LogP contribution in [0.5, 0.6) is 5.75 Å². The van der Waals surface area contributed by atoms with Gasteiger partial charge in [0, 0.05) is 30.9 Å². The number of carbonyl (C=O) groups is 3. The number of anilines is 3. The van der Waals surface area contributed by atoms with Crippen LogP contribution in [0.2, 0.25) is 0 Å². The fraction of sp³-hybridized carbons (Fsp3) is 0.241. The molecule has 2 aliphatic rings. The molecule has 194 valence electrons. The van der Waals surface area contributed by atoms with Gasteiger partial charge in [0.25, 0.3) is 5.91 Å². The summed E-state index contributed by atoms with van der Waals surface area (Å²) in [6.45, 7) is 1.06. The molecule has 0 radical (unpaired) electrons. The molecule has 1 atom stereocenters. The van der Waals surface area contributed by atoms with E-state index in [1.165, 1.54) is 4.90 Å². The molecular weight excluding hydrogens is 500 g/mol. The Kier molecular flexibility index (Phi) is 7.37. The van der Waals surface area contributed by atoms with Gasteiger partial charge in [0.05, 0.1) is 19.2 Å². The largest absolute Gasteiger partial charge is 0.497 e. The lowest BCUT2D eigenvalue weighted by Gasteiger charge is -2.24. The van der Waals surface area contributed by atoms with Crippen molar-refractivity contribution in [2.24, 2.45) is 0 Å². The number of thiocarbonyl (C=S) groups is 1. The maximum Gasteiger partial charge on any atom is 0.256 e. The number of ether oxygens (including phenoxy) is 1. The second-order valence-corrected chi connectivity index (χ2v) is 9.60. The van der Waals surface area contributed by atoms with Gasteiger partial charge in [-0.1, -0.05) is 30.3 Å². The van der Waals surface area contributed by atoms with Gasteiger partial charge in [0.1, 0.15) is 11.8 Å². The molecule has 0 aliphatic carbocycles. The number of nitrogens with one attached hydrogen (secondary N) is 1. The summed E-state index contributed by atoms with van der Waals surface area (Å²) in [5, 5.41) is 3.20. The van der Waals surface area contributed by atoms with Gasteiger partial charge in [0.2, 0.25) is 11.8 Å². The van der Waals surface area contributed by atoms with Crippen molar-refractivity contribution in [2.45, 2.75) is 31.8 Å². The Hall–Kier alpha value is -4.24. The van der Waals surface area contributed by atoms with Gasteiger partial charge in [-0.2, -0.15) is 0 Å². The van der Waals surface area contributed by atoms with Crippen LogP contribution < -0.4 is 19.9 Å². The second kappa shape index (κ2) is 11.0. The minimum Gasteiger partial charge on any atom is -0.497 e. The van der Waals surface area contributed by atoms with Gasteiger partial charge >= 0.3 is 0 Å². The van der Waals surface area contributed by atoms with Crippen molar-refractivity contribution in [2.75, 3.05) is 28.8 Å². The molecule has 1 N–H and O–H groups in total. The van der Waals surface area contributed by atoms with Gasteiger partial charge in [-0.15, -0.1) is 0 Å². The van der Waals surface area contributed by atoms with Crippen LogP contribution in [-0.2, 0) is 20.9 Å². The molecule has 38 heavy (non-hydrogen) atoms. The Labute approximate surface area is 226 Å². The Morgan fingerprint density at radius 3 is 2.29 bits per heavy atom. The predicted molar refractivity (Wildman–Crippen MR) is 150 cm³/mol. The summed E-state index contributed by atoms with van der Waals surface area (Å²) in [4.78, 5) is 43.8. The third-order valence-electron chi connectivity index (χ3n) is 6.76. The highest BCUT2D eigenvalue weighted by Gasteiger charge is 2.44. The first kappa shape index (κ1) is 25.4. The molecular formula is C29H28N4O4S. The number of amides is 3. The lowest BCUT2D eigenvalue weighted by Crippen LogP contribution is -2.37. The van der Waals surface area contributed by atoms with Crippen LogP contribution in [-0.4, -0.2) is 47.4 Å². The van der Waals surface area contributed by atoms with Crippen molar-refractivity contribution in [1.82, 2.24) is 4.90 Å². The van der Waals surface area contributed by atoms with Crippen molar-refractivity contribution >= 4 is 52.1 Å². The summed E-state index contributed by atoms with van der Waals surface area (Å²) in [7, 11) is 1.58. The Morgan fingerprint density at radius 1 is 0.974 bits per heavy atom. The zero-order chi connectivity index (χ0) is 26.6. The van der Waals surface area contributed by atoms with Crippen molar-refractivity contribution in [1.29, 1.82) is 0 Å². The number of nitrogens with zero attached hydrogens (tertiary/aromatic N) is 3. The molecule has 9 heteroatoms. The third-order valence-corrected chi connectivity index (χ3v) is 7.18. The molecule has 3 aromatic carbocycles. The van der Waals surface area contributed by atoms with Crippen molar-refractivity contribution in [3.05, 3.63) is 84.4 Å². The monoisotopic (exact) mass is 528 g/mol. The standard InChI is InChI=1S/C29H28N4O4S/c1-37-24-15-13-23(14-16-24)33-28(36)25(18-26(34)30-21-6-3-2-4-7-21)32(29(33)38)19-20-9-11-22(12-10-20)31-17-5-8-27(31)35/h2-4,6-7,9-16,25H,5,8,17-19H2,1H3,(H,30,34)/t25-/m0/s1. The summed E-state index contributed by atoms with van der Waals surface area (Å²) in [6.07, 6.45) is 1.37. The quantitative estimate of drug-likeness (QED) is 0.438. The van der Waals surface area contributed by atoms with E-state index < -0.39 is 6.04 Å². The topological polar surface area (TPSA) is 82.2 Å². The molecule has 0 saturated carbocycles. The highest BCUT2D eigenvalue weighted by atomic mass is 32.1. The Balaban J connectivity index is 1.39. The van der Waals surface area contributed by atoms with E-state index in [0.717, 1.165) is 24.2 Å². The number of carbonyl (C=O) groups excluding carboxylic acids is 3. The number of hydrogen-bond acceptors (Lipinski definition) is 5. The van der Waals surface area contributed by atoms with E-state index in [1.54, 1.807) is 53.3 Å². The van der Waals surface area contributed by atoms with E-state index in [0.29, 0.717) is 35.2 Å². The van der Waals surface area contributed by atoms with E-state index in [9.17, 15) is 14.4 Å². The van der Waals surface area contributed by atoms with Crippen LogP contribution in [0.3, 0.4) is 0 Å². The molecule has 3 aromatic rings. The number of benzene rings is 3. The number of hydrogen-bond donors (Lipinski definition) is 1. The lowest BCUT2D eigenvalue weighted by molar-refractivity contribution is -0.124. The first-order valence-electron chi connectivity index (χ1n) is 12.5. The smallest absolute Gasteiger partial charge is 0.256 e. The maximum absolute atomic E-state index is 13.7. The minimum atomic E-state index is -0.770. The zero-order valence-corrected chi connectivity index (χ0v) is 21.8. The molecule has 2 fully saturated rings. The van der Waals surface area contributed by atoms with Gasteiger partial charge in [-0.25, -0.2) is 0 Å². The van der Waals surface area contributed by atoms with Crippen LogP contribution in [0, 0.1) is 0 Å². The van der Waals surface area contributed by atoms with Crippen molar-refractivity contribution < 1.29 is 19.1 Å². The van der Waals surface area contributed by atoms with Crippen molar-refractivity contribution in [3.63, 3.8) is 0 Å². The third kappa shape index (κ3) is 5.24. The predicted octanol–water partition coefficient (Wildman–Crippen LogP) is 4.35. The van der Waals surface area contributed by atoms with Crippen LogP contribution in [0.25, 0.3) is 0 Å². The summed E-state index contributed by atoms with van der Waals surface area (Å²) in [5.74, 6) is 0.256. The lowest BCUT2D eigenvalue weighted by atomic mass is 10.1. The SMILES string of the molecule is COc1ccc(N2C(=O)[C@H](CC(=O)Nc3ccccc3)N(Cc3ccc(N4CCCC4=O)cc3)C2=S)cc1. The summed E-state index contributed by atoms with van der Waals surface area (Å²) in [6, 6.07) is 23.1. The molecule has 0 spiro atoms. The maximum atomic E-state index is 13.7. The molecule has 0 aromatic heterocycles. The number of para-hydroxylation sites is 1. The van der Waals surface area contributed by atoms with E-state index in [1.807, 2.05) is 42.5 Å². The Bertz CT molecular complexity index is 1350. The number of methoxy groups -OCH3 is 1. The Morgan fingerprint density at radius 2 is 1.66 bits per heavy atom. The fourth-order valence-electron chi connectivity index (χ4n) is 4.79. The summed E-state index contributed by atoms with van der Waals surface area (Å²) >= 11 is 5.78. The van der Waals surface area contributed by atoms with Gasteiger partial charge < -0.3 is 19.9 Å². The fourth-order valence-corrected chi connectivity index (χ4v) is 5.18. The molecule has 0 unspecified atom stereocenters. The second-order valence-electron chi connectivity index (χ2n) is 9.23. The molecule has 2 heterocycles. The summed E-state index contributed by atoms with van der Waals surface area (Å²) in [5.41, 5.74) is 3.05. The van der Waals surface area contributed by atoms with Crippen molar-refractivity contribution in [3.8, 4) is 5.75 Å². The normalized spacial score (nSPS) is 17.3. The van der Waals surface area contributed by atoms with E-state index in [-0.39, 0.29) is 24.1 Å². The van der Waals surface area contributed by atoms with E-state index in [2.05, 4.69) is 5.32 Å². The molecule has 0 bridgehead atoms. The number of rotatable bonds is 8. The minimum absolute atomic E-state index is 0.0547. The van der Waals surface area contributed by atoms with Crippen LogP contribution in [0.4, 0.5) is 17.1 Å². The van der Waals surface area contributed by atoms with Crippen LogP contribution in [0.15, 0.2) is 78.9 Å². The van der Waals surface area contributed by atoms with Crippen LogP contribution >= 0.6 is 12.2 Å². The van der Waals surface area contributed by atoms with Gasteiger partial charge in [-0.3, -0.25) is 19.3 Å². The highest BCUT2D eigenvalue weighted by Crippen LogP contribution is 2.31. The molecule has 2 saturated heterocycles. The first-order valence-corrected chi connectivity index (χ1v) is 12.9. The van der Waals surface area contributed by atoms with E-state index in [4.69, 9.17) is 17.0 Å². The average molecular weight is 529 g/mol. The molecule has 8 nitrogen and oxygen atoms in total. The molecule has 2 aliphatic heterocycles. The van der Waals surface area contributed by atoms with E-state index >= 15 is 0 Å². The zero-order valence-electron chi connectivity index (χ0n) is 21.0. The highest BCUT2D eigenvalue weighted by molar-refractivity contribution is 7.80. The van der Waals surface area contributed by atoms with Gasteiger partial charge in [-0.05, 0) is 72.7 Å². The van der Waals surface area contributed by atoms with Gasteiger partial charge in [0.15, 0.2) is 5.11 Å². The summed E-state index contributed by atoms with van der Waals surface area (Å²) < 4.78 is 5.24. The average Bonchev–Trinajstić information content (AvgIpc) is 3.46. The molecule has 3 amide bonds. The molecule has 5 rings (SSSR count). The van der Waals surface area contributed by atoms with Crippen LogP contribution in [0.1, 0.15) is 24.8 Å². The first-order chi connectivity index (χ1) is 18.4.